The van der Waals surface area contributed by atoms with E-state index in [0.29, 0.717) is 10.8 Å². The summed E-state index contributed by atoms with van der Waals surface area (Å²) in [6.07, 6.45) is 7.30. The maximum Gasteiger partial charge on any atom is -0.00809 e. The maximum absolute atomic E-state index is 4.21. The van der Waals surface area contributed by atoms with E-state index in [-0.39, 0.29) is 0 Å². The third-order valence-corrected chi connectivity index (χ3v) is 4.99. The van der Waals surface area contributed by atoms with Crippen molar-refractivity contribution in [3.05, 3.63) is 24.8 Å². The molecule has 2 aliphatic carbocycles. The minimum absolute atomic E-state index is 0.313. The van der Waals surface area contributed by atoms with Crippen LogP contribution in [0.25, 0.3) is 0 Å². The molecule has 0 spiro atoms. The summed E-state index contributed by atoms with van der Waals surface area (Å²) in [6, 6.07) is 0. The second kappa shape index (κ2) is 3.23. The lowest BCUT2D eigenvalue weighted by atomic mass is 9.48. The van der Waals surface area contributed by atoms with Gasteiger partial charge >= 0.3 is 0 Å². The summed E-state index contributed by atoms with van der Waals surface area (Å²) < 4.78 is 0. The van der Waals surface area contributed by atoms with E-state index in [1.807, 2.05) is 0 Å². The first-order chi connectivity index (χ1) is 6.89. The Labute approximate surface area is 94.5 Å². The molecule has 2 fully saturated rings. The summed E-state index contributed by atoms with van der Waals surface area (Å²) in [5, 5.41) is 0. The Morgan fingerprint density at radius 2 is 1.93 bits per heavy atom. The summed E-state index contributed by atoms with van der Waals surface area (Å²) in [6.45, 7) is 15.5. The van der Waals surface area contributed by atoms with Crippen LogP contribution in [0, 0.1) is 22.7 Å². The quantitative estimate of drug-likeness (QED) is 0.548. The predicted molar refractivity (Wildman–Crippen MR) is 66.7 cm³/mol. The summed E-state index contributed by atoms with van der Waals surface area (Å²) in [7, 11) is 0. The maximum atomic E-state index is 4.21. The zero-order valence-electron chi connectivity index (χ0n) is 10.5. The van der Waals surface area contributed by atoms with E-state index in [4.69, 9.17) is 0 Å². The smallest absolute Gasteiger partial charge is 0.00809 e. The van der Waals surface area contributed by atoms with Crippen molar-refractivity contribution in [3.8, 4) is 0 Å². The van der Waals surface area contributed by atoms with Gasteiger partial charge in [-0.05, 0) is 48.3 Å². The lowest BCUT2D eigenvalue weighted by molar-refractivity contribution is -0.0650. The molecule has 0 bridgehead atoms. The van der Waals surface area contributed by atoms with E-state index in [0.717, 1.165) is 18.3 Å². The van der Waals surface area contributed by atoms with Crippen molar-refractivity contribution in [1.82, 2.24) is 0 Å². The van der Waals surface area contributed by atoms with E-state index < -0.39 is 0 Å². The third-order valence-electron chi connectivity index (χ3n) is 4.99. The molecule has 0 heteroatoms. The molecule has 15 heavy (non-hydrogen) atoms. The predicted octanol–water partition coefficient (Wildman–Crippen LogP) is 4.58. The van der Waals surface area contributed by atoms with Gasteiger partial charge in [0.05, 0.1) is 0 Å². The van der Waals surface area contributed by atoms with Crippen LogP contribution in [0.4, 0.5) is 0 Å². The molecule has 0 aromatic carbocycles. The van der Waals surface area contributed by atoms with Crippen LogP contribution >= 0.6 is 0 Å². The van der Waals surface area contributed by atoms with Crippen LogP contribution in [0.2, 0.25) is 0 Å². The monoisotopic (exact) mass is 204 g/mol. The van der Waals surface area contributed by atoms with E-state index in [9.17, 15) is 0 Å². The zero-order chi connectivity index (χ0) is 11.3. The van der Waals surface area contributed by atoms with Crippen LogP contribution in [-0.4, -0.2) is 0 Å². The third kappa shape index (κ3) is 1.58. The highest BCUT2D eigenvalue weighted by molar-refractivity contribution is 5.16. The average Bonchev–Trinajstić information content (AvgIpc) is 2.23. The summed E-state index contributed by atoms with van der Waals surface area (Å²) >= 11 is 0. The molecule has 0 amide bonds. The summed E-state index contributed by atoms with van der Waals surface area (Å²) in [5.74, 6) is 1.74. The molecule has 0 aromatic rings. The van der Waals surface area contributed by atoms with Gasteiger partial charge < -0.3 is 0 Å². The molecule has 3 unspecified atom stereocenters. The lowest BCUT2D eigenvalue weighted by Crippen LogP contribution is -2.49. The Morgan fingerprint density at radius 3 is 2.47 bits per heavy atom. The minimum atomic E-state index is 0.313. The molecular weight excluding hydrogens is 180 g/mol. The first kappa shape index (κ1) is 11.0. The number of hydrogen-bond acceptors (Lipinski definition) is 0. The molecule has 84 valence electrons. The lowest BCUT2D eigenvalue weighted by Gasteiger charge is -2.57. The molecule has 0 N–H and O–H groups in total. The van der Waals surface area contributed by atoms with Crippen LogP contribution in [-0.2, 0) is 0 Å². The Bertz CT molecular complexity index is 297. The van der Waals surface area contributed by atoms with E-state index in [2.05, 4.69) is 40.0 Å². The van der Waals surface area contributed by atoms with Gasteiger partial charge in [0.1, 0.15) is 0 Å². The first-order valence-electron chi connectivity index (χ1n) is 6.19. The first-order valence-corrected chi connectivity index (χ1v) is 6.19. The van der Waals surface area contributed by atoms with Crippen LogP contribution in [0.15, 0.2) is 24.8 Å². The van der Waals surface area contributed by atoms with Gasteiger partial charge in [-0.25, -0.2) is 0 Å². The van der Waals surface area contributed by atoms with Crippen molar-refractivity contribution in [3.63, 3.8) is 0 Å². The van der Waals surface area contributed by atoms with Gasteiger partial charge in [-0.3, -0.25) is 0 Å². The van der Waals surface area contributed by atoms with E-state index >= 15 is 0 Å². The normalized spacial score (nSPS) is 43.8. The molecule has 0 heterocycles. The molecule has 2 saturated carbocycles. The van der Waals surface area contributed by atoms with E-state index in [1.54, 1.807) is 0 Å². The van der Waals surface area contributed by atoms with Crippen molar-refractivity contribution >= 4 is 0 Å². The SMILES string of the molecule is C=CC1(C)CC(=C)CCC2C1CC2(C)C. The van der Waals surface area contributed by atoms with Gasteiger partial charge in [0.15, 0.2) is 0 Å². The second-order valence-corrected chi connectivity index (χ2v) is 6.58. The Balaban J connectivity index is 2.27. The highest BCUT2D eigenvalue weighted by Crippen LogP contribution is 2.62. The molecule has 3 atom stereocenters. The molecule has 2 rings (SSSR count). The van der Waals surface area contributed by atoms with Crippen molar-refractivity contribution < 1.29 is 0 Å². The standard InChI is InChI=1S/C15H24/c1-6-15(5)9-11(2)7-8-12-13(15)10-14(12,3)4/h6,12-13H,1-2,7-10H2,3-5H3. The number of allylic oxidation sites excluding steroid dienone is 2. The van der Waals surface area contributed by atoms with Gasteiger partial charge in [-0.1, -0.05) is 39.0 Å². The zero-order valence-corrected chi connectivity index (χ0v) is 10.5. The topological polar surface area (TPSA) is 0 Å². The molecular formula is C15H24. The number of rotatable bonds is 1. The molecule has 0 nitrogen and oxygen atoms in total. The van der Waals surface area contributed by atoms with Crippen molar-refractivity contribution in [1.29, 1.82) is 0 Å². The molecule has 0 aromatic heterocycles. The fourth-order valence-electron chi connectivity index (χ4n) is 3.87. The number of fused-ring (bicyclic) bond motifs is 1. The summed E-state index contributed by atoms with van der Waals surface area (Å²) in [5.41, 5.74) is 2.30. The fraction of sp³-hybridized carbons (Fsp3) is 0.733. The molecule has 0 saturated heterocycles. The minimum Gasteiger partial charge on any atom is -0.103 e. The van der Waals surface area contributed by atoms with Gasteiger partial charge in [0.25, 0.3) is 0 Å². The van der Waals surface area contributed by atoms with Gasteiger partial charge in [-0.15, -0.1) is 6.58 Å². The van der Waals surface area contributed by atoms with Crippen LogP contribution in [0.3, 0.4) is 0 Å². The fourth-order valence-corrected chi connectivity index (χ4v) is 3.87. The van der Waals surface area contributed by atoms with Gasteiger partial charge in [-0.2, -0.15) is 0 Å². The van der Waals surface area contributed by atoms with Crippen LogP contribution < -0.4 is 0 Å². The summed E-state index contributed by atoms with van der Waals surface area (Å²) in [4.78, 5) is 0. The van der Waals surface area contributed by atoms with Crippen LogP contribution in [0.1, 0.15) is 46.5 Å². The average molecular weight is 204 g/mol. The largest absolute Gasteiger partial charge is 0.103 e. The Morgan fingerprint density at radius 1 is 1.27 bits per heavy atom. The highest BCUT2D eigenvalue weighted by atomic mass is 14.6. The molecule has 0 aliphatic heterocycles. The van der Waals surface area contributed by atoms with Crippen LogP contribution in [0.5, 0.6) is 0 Å². The number of hydrogen-bond donors (Lipinski definition) is 0. The molecule has 0 radical (unpaired) electrons. The molecule has 2 aliphatic rings. The Hall–Kier alpha value is -0.520. The van der Waals surface area contributed by atoms with E-state index in [1.165, 1.54) is 24.8 Å². The highest BCUT2D eigenvalue weighted by Gasteiger charge is 2.54. The van der Waals surface area contributed by atoms with Gasteiger partial charge in [0.2, 0.25) is 0 Å². The van der Waals surface area contributed by atoms with Crippen molar-refractivity contribution in [2.24, 2.45) is 22.7 Å². The van der Waals surface area contributed by atoms with Crippen molar-refractivity contribution in [2.75, 3.05) is 0 Å². The van der Waals surface area contributed by atoms with Crippen molar-refractivity contribution in [2.45, 2.75) is 46.5 Å². The second-order valence-electron chi connectivity index (χ2n) is 6.58. The van der Waals surface area contributed by atoms with Gasteiger partial charge in [0, 0.05) is 0 Å². The Kier molecular flexibility index (Phi) is 2.37.